The van der Waals surface area contributed by atoms with E-state index in [2.05, 4.69) is 4.74 Å². The summed E-state index contributed by atoms with van der Waals surface area (Å²) in [5.41, 5.74) is 0. The third kappa shape index (κ3) is 189. The summed E-state index contributed by atoms with van der Waals surface area (Å²) >= 11 is 9.67. The number of hydrogen-bond donors (Lipinski definition) is 1. The summed E-state index contributed by atoms with van der Waals surface area (Å²) in [5.74, 6) is 0. The summed E-state index contributed by atoms with van der Waals surface area (Å²) in [4.78, 5) is 9.42. The van der Waals surface area contributed by atoms with Crippen LogP contribution >= 0.6 is 23.2 Å². The van der Waals surface area contributed by atoms with E-state index < -0.39 is 32.0 Å². The first kappa shape index (κ1) is 38.1. The van der Waals surface area contributed by atoms with Crippen molar-refractivity contribution < 1.29 is 109 Å². The van der Waals surface area contributed by atoms with Gasteiger partial charge in [0.15, 0.2) is 0 Å². The van der Waals surface area contributed by atoms with E-state index in [0.717, 1.165) is 0 Å². The van der Waals surface area contributed by atoms with Gasteiger partial charge in [0.25, 0.3) is 5.02 Å². The zero-order valence-electron chi connectivity index (χ0n) is 9.89. The van der Waals surface area contributed by atoms with Crippen molar-refractivity contribution in [3.8, 4) is 0 Å². The third-order valence-corrected chi connectivity index (χ3v) is 0.368. The fourth-order valence-electron chi connectivity index (χ4n) is 0.0762. The van der Waals surface area contributed by atoms with Crippen LogP contribution in [0.25, 0.3) is 0 Å². The molecule has 0 aromatic heterocycles. The van der Waals surface area contributed by atoms with Gasteiger partial charge in [0.05, 0.1) is 0 Å². The van der Waals surface area contributed by atoms with Gasteiger partial charge in [-0.3, -0.25) is 16.8 Å². The minimum atomic E-state index is -5.17. The van der Waals surface area contributed by atoms with Gasteiger partial charge < -0.3 is 28.1 Å². The Morgan fingerprint density at radius 3 is 1.10 bits per heavy atom. The number of carboxylic acid groups (broad SMARTS) is 1. The standard InChI is InChI=1S/C2H2Cl2O3.Mg.2Na.2H2O4S/c3-1(4)7-2(5)6;;;;2*1-5(2,3)4/h1H,(H,5,6);;;;2*(H2,1,2,3,4)/q;+2;2*+1;;/p-4. The molecule has 0 rings (SSSR count). The van der Waals surface area contributed by atoms with Crippen LogP contribution in [0, 0.1) is 0 Å². The molecular formula is C2H2Cl2MgNa2O11S2. The van der Waals surface area contributed by atoms with Crippen LogP contribution in [0.2, 0.25) is 0 Å². The van der Waals surface area contributed by atoms with Crippen molar-refractivity contribution >= 4 is 73.2 Å². The molecule has 0 saturated heterocycles. The summed E-state index contributed by atoms with van der Waals surface area (Å²) < 4.78 is 71.9. The molecule has 0 aliphatic rings. The second-order valence-electron chi connectivity index (χ2n) is 1.46. The molecule has 0 amide bonds. The van der Waals surface area contributed by atoms with Crippen molar-refractivity contribution in [1.82, 2.24) is 0 Å². The van der Waals surface area contributed by atoms with Crippen molar-refractivity contribution in [2.45, 2.75) is 5.02 Å². The van der Waals surface area contributed by atoms with E-state index in [4.69, 9.17) is 63.4 Å². The van der Waals surface area contributed by atoms with Crippen LogP contribution in [-0.4, -0.2) is 74.4 Å². The van der Waals surface area contributed by atoms with Crippen LogP contribution in [0.5, 0.6) is 0 Å². The second kappa shape index (κ2) is 19.4. The Labute approximate surface area is 184 Å². The Bertz CT molecular complexity index is 362. The molecule has 0 bridgehead atoms. The predicted molar refractivity (Wildman–Crippen MR) is 51.3 cm³/mol. The largest absolute Gasteiger partial charge is 2.00 e. The molecule has 0 radical (unpaired) electrons. The first-order valence-electron chi connectivity index (χ1n) is 2.64. The van der Waals surface area contributed by atoms with Gasteiger partial charge >= 0.3 is 88.3 Å². The second-order valence-corrected chi connectivity index (χ2v) is 4.11. The van der Waals surface area contributed by atoms with E-state index in [9.17, 15) is 4.79 Å². The SMILES string of the molecule is O=C(O)OC(Cl)Cl.O=S(=O)([O-])[O-].O=S(=O)([O-])[O-].[Mg+2].[Na+].[Na+]. The van der Waals surface area contributed by atoms with E-state index in [0.29, 0.717) is 0 Å². The number of alkyl halides is 2. The molecule has 0 saturated carbocycles. The Kier molecular flexibility index (Phi) is 37.0. The molecule has 11 nitrogen and oxygen atoms in total. The zero-order chi connectivity index (χ0) is 14.9. The average molecular weight is 407 g/mol. The van der Waals surface area contributed by atoms with E-state index >= 15 is 0 Å². The van der Waals surface area contributed by atoms with Crippen LogP contribution in [0.4, 0.5) is 4.79 Å². The maximum atomic E-state index is 9.42. The van der Waals surface area contributed by atoms with Crippen LogP contribution in [0.3, 0.4) is 0 Å². The molecule has 0 spiro atoms. The maximum absolute atomic E-state index is 9.42. The molecule has 0 unspecified atom stereocenters. The van der Waals surface area contributed by atoms with Gasteiger partial charge in [-0.05, 0) is 0 Å². The molecule has 0 aliphatic heterocycles. The van der Waals surface area contributed by atoms with Crippen molar-refractivity contribution in [3.63, 3.8) is 0 Å². The summed E-state index contributed by atoms with van der Waals surface area (Å²) in [7, 11) is -10.3. The van der Waals surface area contributed by atoms with Crippen LogP contribution < -0.4 is 59.1 Å². The van der Waals surface area contributed by atoms with Crippen LogP contribution in [-0.2, 0) is 25.5 Å². The van der Waals surface area contributed by atoms with Crippen molar-refractivity contribution in [3.05, 3.63) is 0 Å². The molecule has 106 valence electrons. The number of halogens is 2. The van der Waals surface area contributed by atoms with Gasteiger partial charge in [0.1, 0.15) is 0 Å². The van der Waals surface area contributed by atoms with Gasteiger partial charge in [-0.25, -0.2) is 4.79 Å². The molecule has 1 N–H and O–H groups in total. The van der Waals surface area contributed by atoms with Gasteiger partial charge in [0.2, 0.25) is 0 Å². The Hall–Kier alpha value is 2.36. The van der Waals surface area contributed by atoms with E-state index in [1.807, 2.05) is 0 Å². The molecule has 20 heavy (non-hydrogen) atoms. The van der Waals surface area contributed by atoms with Gasteiger partial charge in [-0.2, -0.15) is 0 Å². The number of rotatable bonds is 1. The Morgan fingerprint density at radius 2 is 1.10 bits per heavy atom. The molecule has 0 atom stereocenters. The summed E-state index contributed by atoms with van der Waals surface area (Å²) in [5, 5.41) is 6.41. The van der Waals surface area contributed by atoms with E-state index in [-0.39, 0.29) is 82.2 Å². The number of carbonyl (C=O) groups is 1. The summed E-state index contributed by atoms with van der Waals surface area (Å²) in [6.07, 6.45) is -1.48. The van der Waals surface area contributed by atoms with E-state index in [1.54, 1.807) is 0 Å². The van der Waals surface area contributed by atoms with Crippen LogP contribution in [0.15, 0.2) is 0 Å². The monoisotopic (exact) mass is 406 g/mol. The average Bonchev–Trinajstić information content (AvgIpc) is 1.71. The smallest absolute Gasteiger partial charge is 0.759 e. The molecule has 18 heteroatoms. The van der Waals surface area contributed by atoms with Crippen molar-refractivity contribution in [2.24, 2.45) is 0 Å². The zero-order valence-corrected chi connectivity index (χ0v) is 18.4. The van der Waals surface area contributed by atoms with Gasteiger partial charge in [0, 0.05) is 20.8 Å². The fourth-order valence-corrected chi connectivity index (χ4v) is 0.229. The Morgan fingerprint density at radius 1 is 0.950 bits per heavy atom. The predicted octanol–water partition coefficient (Wildman–Crippen LogP) is -7.61. The molecule has 0 aliphatic carbocycles. The fraction of sp³-hybridized carbons (Fsp3) is 0.500. The first-order chi connectivity index (χ1) is 7.13. The molecule has 0 heterocycles. The van der Waals surface area contributed by atoms with E-state index in [1.165, 1.54) is 0 Å². The number of hydrogen-bond acceptors (Lipinski definition) is 10. The minimum absolute atomic E-state index is 0. The van der Waals surface area contributed by atoms with Crippen LogP contribution in [0.1, 0.15) is 0 Å². The molecule has 0 fully saturated rings. The Balaban J connectivity index is -0.0000000348. The van der Waals surface area contributed by atoms with Gasteiger partial charge in [-0.1, -0.05) is 23.2 Å². The number of ether oxygens (including phenoxy) is 1. The van der Waals surface area contributed by atoms with Gasteiger partial charge in [-0.15, -0.1) is 0 Å². The maximum Gasteiger partial charge on any atom is 2.00 e. The normalized spacial score (nSPS) is 8.95. The van der Waals surface area contributed by atoms with Crippen molar-refractivity contribution in [1.29, 1.82) is 0 Å². The van der Waals surface area contributed by atoms with Crippen molar-refractivity contribution in [2.75, 3.05) is 0 Å². The summed E-state index contributed by atoms with van der Waals surface area (Å²) in [6, 6.07) is 0. The third-order valence-electron chi connectivity index (χ3n) is 0.190. The molecular weight excluding hydrogens is 405 g/mol. The molecule has 0 aromatic carbocycles. The molecule has 0 aromatic rings. The minimum Gasteiger partial charge on any atom is -0.759 e. The quantitative estimate of drug-likeness (QED) is 0.142. The summed E-state index contributed by atoms with van der Waals surface area (Å²) in [6.45, 7) is 0. The first-order valence-corrected chi connectivity index (χ1v) is 6.18. The topological polar surface area (TPSA) is 207 Å².